The van der Waals surface area contributed by atoms with E-state index < -0.39 is 12.1 Å². The van der Waals surface area contributed by atoms with E-state index in [1.807, 2.05) is 0 Å². The van der Waals surface area contributed by atoms with E-state index in [0.717, 1.165) is 57.8 Å². The van der Waals surface area contributed by atoms with Crippen LogP contribution in [-0.4, -0.2) is 47.4 Å². The molecular formula is C77H145NO5. The fourth-order valence-electron chi connectivity index (χ4n) is 11.6. The van der Waals surface area contributed by atoms with Crippen LogP contribution in [0.15, 0.2) is 48.6 Å². The zero-order valence-electron chi connectivity index (χ0n) is 55.9. The second kappa shape index (κ2) is 72.3. The summed E-state index contributed by atoms with van der Waals surface area (Å²) >= 11 is 0. The lowest BCUT2D eigenvalue weighted by molar-refractivity contribution is -0.143. The van der Waals surface area contributed by atoms with Crippen LogP contribution in [-0.2, 0) is 14.3 Å². The van der Waals surface area contributed by atoms with Gasteiger partial charge >= 0.3 is 5.97 Å². The summed E-state index contributed by atoms with van der Waals surface area (Å²) in [5.41, 5.74) is 0. The van der Waals surface area contributed by atoms with Crippen molar-refractivity contribution < 1.29 is 24.5 Å². The van der Waals surface area contributed by atoms with Crippen molar-refractivity contribution in [1.82, 2.24) is 5.32 Å². The van der Waals surface area contributed by atoms with Crippen LogP contribution in [0.3, 0.4) is 0 Å². The second-order valence-electron chi connectivity index (χ2n) is 25.6. The number of carbonyl (C=O) groups is 2. The first-order chi connectivity index (χ1) is 41.0. The predicted octanol–water partition coefficient (Wildman–Crippen LogP) is 24.4. The molecule has 0 aliphatic carbocycles. The Kier molecular flexibility index (Phi) is 70.4. The van der Waals surface area contributed by atoms with Crippen molar-refractivity contribution in [3.63, 3.8) is 0 Å². The highest BCUT2D eigenvalue weighted by molar-refractivity contribution is 5.76. The Labute approximate surface area is 518 Å². The van der Waals surface area contributed by atoms with E-state index in [0.29, 0.717) is 25.9 Å². The quantitative estimate of drug-likeness (QED) is 0.0320. The molecule has 1 amide bonds. The summed E-state index contributed by atoms with van der Waals surface area (Å²) < 4.78 is 5.48. The van der Waals surface area contributed by atoms with E-state index in [4.69, 9.17) is 4.74 Å². The number of carbonyl (C=O) groups excluding carboxylic acids is 2. The van der Waals surface area contributed by atoms with Gasteiger partial charge in [0.15, 0.2) is 0 Å². The highest BCUT2D eigenvalue weighted by Gasteiger charge is 2.20. The van der Waals surface area contributed by atoms with Crippen molar-refractivity contribution in [3.8, 4) is 0 Å². The average Bonchev–Trinajstić information content (AvgIpc) is 3.49. The van der Waals surface area contributed by atoms with Gasteiger partial charge in [0.2, 0.25) is 5.91 Å². The lowest BCUT2D eigenvalue weighted by Crippen LogP contribution is -2.45. The number of aliphatic hydroxyl groups excluding tert-OH is 2. The highest BCUT2D eigenvalue weighted by Crippen LogP contribution is 2.19. The second-order valence-corrected chi connectivity index (χ2v) is 25.6. The van der Waals surface area contributed by atoms with Crippen molar-refractivity contribution >= 4 is 11.9 Å². The summed E-state index contributed by atoms with van der Waals surface area (Å²) in [7, 11) is 0. The molecule has 83 heavy (non-hydrogen) atoms. The van der Waals surface area contributed by atoms with Crippen LogP contribution >= 0.6 is 0 Å². The molecule has 0 bridgehead atoms. The fraction of sp³-hybridized carbons (Fsp3) is 0.870. The number of allylic oxidation sites excluding steroid dienone is 8. The first kappa shape index (κ1) is 80.8. The molecule has 0 radical (unpaired) electrons. The molecule has 3 N–H and O–H groups in total. The van der Waals surface area contributed by atoms with Gasteiger partial charge in [0.1, 0.15) is 0 Å². The summed E-state index contributed by atoms with van der Waals surface area (Å²) in [5.74, 6) is -0.0375. The number of ether oxygens (including phenoxy) is 1. The van der Waals surface area contributed by atoms with Gasteiger partial charge < -0.3 is 20.3 Å². The number of nitrogens with one attached hydrogen (secondary N) is 1. The van der Waals surface area contributed by atoms with Gasteiger partial charge in [0, 0.05) is 12.8 Å². The summed E-state index contributed by atoms with van der Waals surface area (Å²) in [5, 5.41) is 23.5. The lowest BCUT2D eigenvalue weighted by Gasteiger charge is -2.22. The van der Waals surface area contributed by atoms with Crippen LogP contribution in [0, 0.1) is 0 Å². The van der Waals surface area contributed by atoms with Crippen LogP contribution in [0.4, 0.5) is 0 Å². The number of esters is 1. The van der Waals surface area contributed by atoms with Gasteiger partial charge in [-0.25, -0.2) is 0 Å². The number of amides is 1. The lowest BCUT2D eigenvalue weighted by atomic mass is 10.0. The molecule has 0 fully saturated rings. The van der Waals surface area contributed by atoms with Gasteiger partial charge in [0.25, 0.3) is 0 Å². The Morgan fingerprint density at radius 1 is 0.337 bits per heavy atom. The van der Waals surface area contributed by atoms with Gasteiger partial charge in [-0.15, -0.1) is 0 Å². The molecule has 6 heteroatoms. The maximum atomic E-state index is 12.6. The zero-order chi connectivity index (χ0) is 59.9. The third kappa shape index (κ3) is 68.8. The molecule has 488 valence electrons. The van der Waals surface area contributed by atoms with E-state index in [-0.39, 0.29) is 18.5 Å². The maximum Gasteiger partial charge on any atom is 0.305 e. The van der Waals surface area contributed by atoms with E-state index in [1.165, 1.54) is 315 Å². The van der Waals surface area contributed by atoms with Crippen molar-refractivity contribution in [2.45, 2.75) is 418 Å². The molecule has 0 rings (SSSR count). The minimum absolute atomic E-state index is 0.00364. The molecule has 0 saturated carbocycles. The van der Waals surface area contributed by atoms with E-state index in [1.54, 1.807) is 0 Å². The van der Waals surface area contributed by atoms with E-state index in [9.17, 15) is 19.8 Å². The van der Waals surface area contributed by atoms with E-state index in [2.05, 4.69) is 67.8 Å². The van der Waals surface area contributed by atoms with Gasteiger partial charge in [-0.1, -0.05) is 358 Å². The van der Waals surface area contributed by atoms with Gasteiger partial charge in [-0.3, -0.25) is 9.59 Å². The third-order valence-electron chi connectivity index (χ3n) is 17.4. The smallest absolute Gasteiger partial charge is 0.305 e. The molecule has 0 aliphatic heterocycles. The number of aliphatic hydroxyl groups is 2. The molecule has 6 nitrogen and oxygen atoms in total. The monoisotopic (exact) mass is 1160 g/mol. The van der Waals surface area contributed by atoms with Crippen molar-refractivity contribution in [2.24, 2.45) is 0 Å². The maximum absolute atomic E-state index is 12.6. The van der Waals surface area contributed by atoms with Crippen molar-refractivity contribution in [3.05, 3.63) is 48.6 Å². The zero-order valence-corrected chi connectivity index (χ0v) is 55.9. The average molecular weight is 1170 g/mol. The molecule has 2 unspecified atom stereocenters. The van der Waals surface area contributed by atoms with Crippen LogP contribution in [0.2, 0.25) is 0 Å². The van der Waals surface area contributed by atoms with Crippen LogP contribution in [0.1, 0.15) is 406 Å². The predicted molar refractivity (Wildman–Crippen MR) is 366 cm³/mol. The standard InChI is InChI=1S/C77H145NO5/c1-3-5-7-9-11-13-15-17-19-20-21-22-23-27-30-33-36-39-42-45-49-53-57-61-65-69-75(80)74(73-79)78-76(81)70-66-62-58-54-50-46-43-40-37-34-31-28-25-24-26-29-32-35-38-41-44-48-52-56-60-64-68-72-83-77(82)71-67-63-59-55-51-47-18-16-14-12-10-8-6-4-2/h10,12,16,18,24-25,29,32,74-75,79-80H,3-9,11,13-15,17,19-23,26-28,30-31,33-73H2,1-2H3,(H,78,81)/b12-10-,18-16-,25-24-,32-29-. The molecule has 0 aromatic carbocycles. The number of rotatable bonds is 70. The summed E-state index contributed by atoms with van der Waals surface area (Å²) in [6.45, 7) is 4.94. The van der Waals surface area contributed by atoms with Gasteiger partial charge in [0.05, 0.1) is 25.4 Å². The first-order valence-electron chi connectivity index (χ1n) is 37.4. The summed E-state index contributed by atoms with van der Waals surface area (Å²) in [6.07, 6.45) is 94.6. The van der Waals surface area contributed by atoms with Crippen LogP contribution in [0.5, 0.6) is 0 Å². The Bertz CT molecular complexity index is 1390. The Balaban J connectivity index is 3.42. The highest BCUT2D eigenvalue weighted by atomic mass is 16.5. The minimum Gasteiger partial charge on any atom is -0.466 e. The Morgan fingerprint density at radius 3 is 0.952 bits per heavy atom. The minimum atomic E-state index is -0.669. The largest absolute Gasteiger partial charge is 0.466 e. The molecule has 0 spiro atoms. The first-order valence-corrected chi connectivity index (χ1v) is 37.4. The third-order valence-corrected chi connectivity index (χ3v) is 17.4. The Morgan fingerprint density at radius 2 is 0.614 bits per heavy atom. The normalized spacial score (nSPS) is 12.8. The van der Waals surface area contributed by atoms with Crippen molar-refractivity contribution in [2.75, 3.05) is 13.2 Å². The van der Waals surface area contributed by atoms with Crippen molar-refractivity contribution in [1.29, 1.82) is 0 Å². The molecule has 2 atom stereocenters. The van der Waals surface area contributed by atoms with Gasteiger partial charge in [-0.05, 0) is 83.5 Å². The van der Waals surface area contributed by atoms with E-state index >= 15 is 0 Å². The van der Waals surface area contributed by atoms with Gasteiger partial charge in [-0.2, -0.15) is 0 Å². The fourth-order valence-corrected chi connectivity index (χ4v) is 11.6. The molecular weight excluding hydrogens is 1020 g/mol. The van der Waals surface area contributed by atoms with Crippen LogP contribution in [0.25, 0.3) is 0 Å². The molecule has 0 aromatic rings. The SMILES string of the molecule is CCCC/C=C\C/C=C\CCCCCCCC(=O)OCCCCCCCCCCC/C=C\C/C=C\CCCCCCCCCCCCCC(=O)NC(CO)C(O)CCCCCCCCCCCCCCCCCCCCCCCCCCC. The summed E-state index contributed by atoms with van der Waals surface area (Å²) in [6, 6.07) is -0.547. The Hall–Kier alpha value is -2.18. The number of unbranched alkanes of at least 4 members (excludes halogenated alkanes) is 51. The molecule has 0 heterocycles. The number of hydrogen-bond acceptors (Lipinski definition) is 5. The molecule has 0 aliphatic rings. The van der Waals surface area contributed by atoms with Crippen LogP contribution < -0.4 is 5.32 Å². The summed E-state index contributed by atoms with van der Waals surface area (Å²) in [4.78, 5) is 24.6. The number of hydrogen-bond donors (Lipinski definition) is 3. The topological polar surface area (TPSA) is 95.9 Å². The molecule has 0 aromatic heterocycles. The molecule has 0 saturated heterocycles.